The second-order valence-electron chi connectivity index (χ2n) is 4.72. The summed E-state index contributed by atoms with van der Waals surface area (Å²) in [6.45, 7) is 4.27. The smallest absolute Gasteiger partial charge is 0.331 e. The zero-order valence-electron chi connectivity index (χ0n) is 9.90. The monoisotopic (exact) mass is 294 g/mol. The molecule has 2 unspecified atom stereocenters. The molecule has 0 spiro atoms. The molecule has 0 saturated heterocycles. The van der Waals surface area contributed by atoms with Crippen LogP contribution in [-0.4, -0.2) is 11.1 Å². The summed E-state index contributed by atoms with van der Waals surface area (Å²) in [4.78, 5) is 11.2. The number of halogens is 1. The van der Waals surface area contributed by atoms with Crippen LogP contribution in [0.4, 0.5) is 0 Å². The Balaban J connectivity index is 2.57. The van der Waals surface area contributed by atoms with Crippen molar-refractivity contribution in [3.63, 3.8) is 0 Å². The Morgan fingerprint density at radius 2 is 2.12 bits per heavy atom. The fourth-order valence-electron chi connectivity index (χ4n) is 2.30. The SMILES string of the molecule is CC1CC(C(=O)O)=Cc2ccc(Br)cc2C1C. The molecular formula is C14H15BrO2. The largest absolute Gasteiger partial charge is 0.478 e. The van der Waals surface area contributed by atoms with Crippen LogP contribution >= 0.6 is 15.9 Å². The maximum Gasteiger partial charge on any atom is 0.331 e. The van der Waals surface area contributed by atoms with Crippen molar-refractivity contribution in [1.82, 2.24) is 0 Å². The van der Waals surface area contributed by atoms with E-state index in [0.29, 0.717) is 23.8 Å². The first kappa shape index (κ1) is 12.4. The molecule has 2 atom stereocenters. The van der Waals surface area contributed by atoms with Crippen molar-refractivity contribution in [3.8, 4) is 0 Å². The minimum Gasteiger partial charge on any atom is -0.478 e. The first-order valence-corrected chi connectivity index (χ1v) is 6.51. The molecule has 0 aromatic heterocycles. The fraction of sp³-hybridized carbons (Fsp3) is 0.357. The lowest BCUT2D eigenvalue weighted by atomic mass is 9.86. The summed E-state index contributed by atoms with van der Waals surface area (Å²) in [6, 6.07) is 6.03. The molecule has 2 rings (SSSR count). The second-order valence-corrected chi connectivity index (χ2v) is 5.63. The Bertz CT molecular complexity index is 491. The van der Waals surface area contributed by atoms with Gasteiger partial charge in [0, 0.05) is 10.0 Å². The van der Waals surface area contributed by atoms with Crippen molar-refractivity contribution in [2.24, 2.45) is 5.92 Å². The third kappa shape index (κ3) is 2.44. The third-order valence-electron chi connectivity index (χ3n) is 3.54. The van der Waals surface area contributed by atoms with E-state index in [1.54, 1.807) is 0 Å². The van der Waals surface area contributed by atoms with Crippen molar-refractivity contribution >= 4 is 28.0 Å². The van der Waals surface area contributed by atoms with Crippen LogP contribution in [0.15, 0.2) is 28.2 Å². The van der Waals surface area contributed by atoms with E-state index in [4.69, 9.17) is 5.11 Å². The maximum absolute atomic E-state index is 11.2. The van der Waals surface area contributed by atoms with Crippen LogP contribution in [0.2, 0.25) is 0 Å². The van der Waals surface area contributed by atoms with E-state index in [0.717, 1.165) is 10.0 Å². The first-order chi connectivity index (χ1) is 7.99. The lowest BCUT2D eigenvalue weighted by Crippen LogP contribution is -2.09. The van der Waals surface area contributed by atoms with Crippen molar-refractivity contribution in [2.45, 2.75) is 26.2 Å². The summed E-state index contributed by atoms with van der Waals surface area (Å²) < 4.78 is 1.04. The fourth-order valence-corrected chi connectivity index (χ4v) is 2.68. The summed E-state index contributed by atoms with van der Waals surface area (Å²) in [6.07, 6.45) is 2.44. The van der Waals surface area contributed by atoms with Crippen LogP contribution in [0.3, 0.4) is 0 Å². The van der Waals surface area contributed by atoms with Gasteiger partial charge < -0.3 is 5.11 Å². The van der Waals surface area contributed by atoms with E-state index < -0.39 is 5.97 Å². The molecule has 2 nitrogen and oxygen atoms in total. The number of carboxylic acid groups (broad SMARTS) is 1. The third-order valence-corrected chi connectivity index (χ3v) is 4.03. The summed E-state index contributed by atoms with van der Waals surface area (Å²) in [5, 5.41) is 9.17. The number of rotatable bonds is 1. The number of fused-ring (bicyclic) bond motifs is 1. The topological polar surface area (TPSA) is 37.3 Å². The average molecular weight is 295 g/mol. The van der Waals surface area contributed by atoms with Gasteiger partial charge in [-0.1, -0.05) is 35.8 Å². The van der Waals surface area contributed by atoms with Crippen molar-refractivity contribution < 1.29 is 9.90 Å². The molecule has 0 bridgehead atoms. The number of benzene rings is 1. The van der Waals surface area contributed by atoms with Gasteiger partial charge in [-0.25, -0.2) is 4.79 Å². The molecule has 1 aromatic rings. The molecule has 1 aliphatic carbocycles. The molecular weight excluding hydrogens is 280 g/mol. The van der Waals surface area contributed by atoms with Crippen LogP contribution < -0.4 is 0 Å². The molecule has 0 radical (unpaired) electrons. The lowest BCUT2D eigenvalue weighted by molar-refractivity contribution is -0.132. The highest BCUT2D eigenvalue weighted by molar-refractivity contribution is 9.10. The first-order valence-electron chi connectivity index (χ1n) is 5.72. The predicted molar refractivity (Wildman–Crippen MR) is 72.0 cm³/mol. The number of carboxylic acids is 1. The number of hydrogen-bond acceptors (Lipinski definition) is 1. The Labute approximate surface area is 109 Å². The van der Waals surface area contributed by atoms with Crippen LogP contribution in [0.5, 0.6) is 0 Å². The van der Waals surface area contributed by atoms with Crippen LogP contribution in [0.1, 0.15) is 37.3 Å². The summed E-state index contributed by atoms with van der Waals surface area (Å²) >= 11 is 3.47. The van der Waals surface area contributed by atoms with Crippen LogP contribution in [-0.2, 0) is 4.79 Å². The summed E-state index contributed by atoms with van der Waals surface area (Å²) in [7, 11) is 0. The molecule has 17 heavy (non-hydrogen) atoms. The maximum atomic E-state index is 11.2. The zero-order chi connectivity index (χ0) is 12.6. The highest BCUT2D eigenvalue weighted by Crippen LogP contribution is 2.37. The molecule has 1 N–H and O–H groups in total. The lowest BCUT2D eigenvalue weighted by Gasteiger charge is -2.19. The van der Waals surface area contributed by atoms with E-state index in [9.17, 15) is 4.79 Å². The van der Waals surface area contributed by atoms with E-state index >= 15 is 0 Å². The van der Waals surface area contributed by atoms with Crippen LogP contribution in [0, 0.1) is 5.92 Å². The van der Waals surface area contributed by atoms with Gasteiger partial charge in [-0.05, 0) is 47.6 Å². The van der Waals surface area contributed by atoms with Gasteiger partial charge in [0.1, 0.15) is 0 Å². The molecule has 0 heterocycles. The van der Waals surface area contributed by atoms with E-state index in [1.807, 2.05) is 18.2 Å². The molecule has 90 valence electrons. The average Bonchev–Trinajstić information content (AvgIpc) is 2.39. The molecule has 0 aliphatic heterocycles. The standard InChI is InChI=1S/C14H15BrO2/c1-8-5-11(14(16)17)6-10-3-4-12(15)7-13(10)9(8)2/h3-4,6-9H,5H2,1-2H3,(H,16,17). The van der Waals surface area contributed by atoms with E-state index in [2.05, 4.69) is 35.8 Å². The van der Waals surface area contributed by atoms with Gasteiger partial charge >= 0.3 is 5.97 Å². The van der Waals surface area contributed by atoms with E-state index in [-0.39, 0.29) is 0 Å². The van der Waals surface area contributed by atoms with Crippen LogP contribution in [0.25, 0.3) is 6.08 Å². The molecule has 1 aromatic carbocycles. The summed E-state index contributed by atoms with van der Waals surface area (Å²) in [5.41, 5.74) is 2.76. The van der Waals surface area contributed by atoms with Gasteiger partial charge in [0.05, 0.1) is 0 Å². The van der Waals surface area contributed by atoms with Gasteiger partial charge in [0.2, 0.25) is 0 Å². The minimum absolute atomic E-state index is 0.341. The van der Waals surface area contributed by atoms with Gasteiger partial charge in [0.25, 0.3) is 0 Å². The normalized spacial score (nSPS) is 23.6. The van der Waals surface area contributed by atoms with E-state index in [1.165, 1.54) is 5.56 Å². The Kier molecular flexibility index (Phi) is 3.38. The second kappa shape index (κ2) is 4.65. The molecule has 0 fully saturated rings. The molecule has 0 amide bonds. The highest BCUT2D eigenvalue weighted by atomic mass is 79.9. The van der Waals surface area contributed by atoms with Crippen molar-refractivity contribution in [3.05, 3.63) is 39.4 Å². The van der Waals surface area contributed by atoms with Crippen molar-refractivity contribution in [1.29, 1.82) is 0 Å². The van der Waals surface area contributed by atoms with Crippen molar-refractivity contribution in [2.75, 3.05) is 0 Å². The van der Waals surface area contributed by atoms with Gasteiger partial charge in [-0.3, -0.25) is 0 Å². The predicted octanol–water partition coefficient (Wildman–Crippen LogP) is 4.06. The Morgan fingerprint density at radius 1 is 1.41 bits per heavy atom. The Hall–Kier alpha value is -1.09. The molecule has 0 saturated carbocycles. The number of aliphatic carboxylic acids is 1. The number of hydrogen-bond donors (Lipinski definition) is 1. The summed E-state index contributed by atoms with van der Waals surface area (Å²) in [5.74, 6) is -0.0941. The highest BCUT2D eigenvalue weighted by Gasteiger charge is 2.24. The Morgan fingerprint density at radius 3 is 2.76 bits per heavy atom. The van der Waals surface area contributed by atoms with Gasteiger partial charge in [-0.15, -0.1) is 0 Å². The zero-order valence-corrected chi connectivity index (χ0v) is 11.5. The quantitative estimate of drug-likeness (QED) is 0.848. The number of carbonyl (C=O) groups is 1. The minimum atomic E-state index is -0.806. The van der Waals surface area contributed by atoms with Gasteiger partial charge in [-0.2, -0.15) is 0 Å². The van der Waals surface area contributed by atoms with Gasteiger partial charge in [0.15, 0.2) is 0 Å². The molecule has 3 heteroatoms. The molecule has 1 aliphatic rings.